The highest BCUT2D eigenvalue weighted by atomic mass is 14.8. The second kappa shape index (κ2) is 4.77. The molecule has 0 N–H and O–H groups in total. The Kier molecular flexibility index (Phi) is 3.37. The van der Waals surface area contributed by atoms with E-state index in [4.69, 9.17) is 0 Å². The van der Waals surface area contributed by atoms with Crippen LogP contribution in [0.4, 0.5) is 0 Å². The predicted octanol–water partition coefficient (Wildman–Crippen LogP) is 3.77. The Balaban J connectivity index is 2.36. The molecule has 2 rings (SSSR count). The summed E-state index contributed by atoms with van der Waals surface area (Å²) in [7, 11) is 0. The van der Waals surface area contributed by atoms with Gasteiger partial charge in [-0.3, -0.25) is 9.97 Å². The average Bonchev–Trinajstić information content (AvgIpc) is 2.24. The number of hydrogen-bond acceptors (Lipinski definition) is 2. The molecule has 1 aliphatic rings. The smallest absolute Gasteiger partial charge is 0.0847 e. The third kappa shape index (κ3) is 2.16. The van der Waals surface area contributed by atoms with E-state index in [-0.39, 0.29) is 0 Å². The van der Waals surface area contributed by atoms with Crippen molar-refractivity contribution in [1.29, 1.82) is 0 Å². The lowest BCUT2D eigenvalue weighted by atomic mass is 9.81. The van der Waals surface area contributed by atoms with Gasteiger partial charge in [-0.05, 0) is 44.1 Å². The van der Waals surface area contributed by atoms with Gasteiger partial charge in [0.15, 0.2) is 0 Å². The number of hydrogen-bond donors (Lipinski definition) is 0. The number of nitrogens with zero attached hydrogens (tertiary/aromatic N) is 2. The van der Waals surface area contributed by atoms with Gasteiger partial charge in [-0.1, -0.05) is 19.4 Å². The van der Waals surface area contributed by atoms with Crippen LogP contribution in [0.25, 0.3) is 5.57 Å². The van der Waals surface area contributed by atoms with E-state index in [9.17, 15) is 0 Å². The van der Waals surface area contributed by atoms with Gasteiger partial charge in [-0.15, -0.1) is 0 Å². The van der Waals surface area contributed by atoms with Crippen LogP contribution in [-0.4, -0.2) is 9.97 Å². The van der Waals surface area contributed by atoms with E-state index in [0.717, 1.165) is 11.4 Å². The molecule has 1 fully saturated rings. The van der Waals surface area contributed by atoms with Gasteiger partial charge in [-0.2, -0.15) is 0 Å². The van der Waals surface area contributed by atoms with E-state index in [1.165, 1.54) is 31.3 Å². The molecule has 1 aliphatic carbocycles. The van der Waals surface area contributed by atoms with Crippen molar-refractivity contribution in [2.24, 2.45) is 5.92 Å². The fourth-order valence-electron chi connectivity index (χ4n) is 2.14. The van der Waals surface area contributed by atoms with Crippen LogP contribution in [-0.2, 0) is 0 Å². The minimum atomic E-state index is 0.604. The molecule has 16 heavy (non-hydrogen) atoms. The zero-order valence-electron chi connectivity index (χ0n) is 10.5. The Morgan fingerprint density at radius 1 is 1.31 bits per heavy atom. The summed E-state index contributed by atoms with van der Waals surface area (Å²) < 4.78 is 0. The van der Waals surface area contributed by atoms with E-state index in [0.29, 0.717) is 5.92 Å². The van der Waals surface area contributed by atoms with Gasteiger partial charge < -0.3 is 0 Å². The fraction of sp³-hybridized carbons (Fsp3) is 0.571. The Bertz CT molecular complexity index is 384. The third-order valence-electron chi connectivity index (χ3n) is 3.50. The monoisotopic (exact) mass is 216 g/mol. The Morgan fingerprint density at radius 2 is 2.06 bits per heavy atom. The van der Waals surface area contributed by atoms with Crippen LogP contribution < -0.4 is 0 Å². The molecule has 0 aromatic carbocycles. The van der Waals surface area contributed by atoms with E-state index in [1.807, 2.05) is 19.3 Å². The molecule has 1 atom stereocenters. The van der Waals surface area contributed by atoms with E-state index in [1.54, 1.807) is 5.57 Å². The molecular weight excluding hydrogens is 196 g/mol. The quantitative estimate of drug-likeness (QED) is 0.768. The van der Waals surface area contributed by atoms with Crippen LogP contribution in [0.3, 0.4) is 0 Å². The lowest BCUT2D eigenvalue weighted by Gasteiger charge is -2.25. The zero-order valence-corrected chi connectivity index (χ0v) is 10.5. The average molecular weight is 216 g/mol. The summed E-state index contributed by atoms with van der Waals surface area (Å²) in [5.41, 5.74) is 5.15. The van der Waals surface area contributed by atoms with Crippen LogP contribution in [0, 0.1) is 12.8 Å². The Labute approximate surface area is 97.8 Å². The first-order valence-corrected chi connectivity index (χ1v) is 6.23. The molecule has 0 bridgehead atoms. The number of rotatable bonds is 3. The minimum Gasteiger partial charge on any atom is -0.258 e. The maximum Gasteiger partial charge on any atom is 0.0847 e. The van der Waals surface area contributed by atoms with Crippen molar-refractivity contribution >= 4 is 5.57 Å². The number of aryl methyl sites for hydroxylation is 1. The molecule has 0 spiro atoms. The molecule has 0 amide bonds. The first-order chi connectivity index (χ1) is 7.72. The molecule has 1 aromatic rings. The van der Waals surface area contributed by atoms with Crippen LogP contribution >= 0.6 is 0 Å². The summed E-state index contributed by atoms with van der Waals surface area (Å²) in [6.07, 6.45) is 8.84. The topological polar surface area (TPSA) is 25.8 Å². The molecule has 1 aromatic heterocycles. The molecule has 0 radical (unpaired) electrons. The molecule has 0 saturated heterocycles. The normalized spacial score (nSPS) is 16.8. The summed E-state index contributed by atoms with van der Waals surface area (Å²) in [5, 5.41) is 0. The summed E-state index contributed by atoms with van der Waals surface area (Å²) in [6.45, 7) is 6.52. The largest absolute Gasteiger partial charge is 0.258 e. The predicted molar refractivity (Wildman–Crippen MR) is 67.0 cm³/mol. The maximum atomic E-state index is 4.53. The first kappa shape index (κ1) is 11.3. The summed E-state index contributed by atoms with van der Waals surface area (Å²) >= 11 is 0. The zero-order chi connectivity index (χ0) is 11.5. The molecule has 1 heterocycles. The Morgan fingerprint density at radius 3 is 2.50 bits per heavy atom. The standard InChI is InChI=1S/C14H20N2/c1-4-10(2)14(12-6-5-7-12)13-9-15-11(3)8-16-13/h8-10H,4-7H2,1-3H3. The van der Waals surface area contributed by atoms with E-state index < -0.39 is 0 Å². The molecular formula is C14H20N2. The van der Waals surface area contributed by atoms with Crippen molar-refractivity contribution < 1.29 is 0 Å². The molecule has 86 valence electrons. The summed E-state index contributed by atoms with van der Waals surface area (Å²) in [6, 6.07) is 0. The lowest BCUT2D eigenvalue weighted by Crippen LogP contribution is -2.09. The van der Waals surface area contributed by atoms with Crippen LogP contribution in [0.15, 0.2) is 18.0 Å². The van der Waals surface area contributed by atoms with Gasteiger partial charge in [0.25, 0.3) is 0 Å². The number of aromatic nitrogens is 2. The van der Waals surface area contributed by atoms with Crippen molar-refractivity contribution in [2.45, 2.75) is 46.5 Å². The summed E-state index contributed by atoms with van der Waals surface area (Å²) in [4.78, 5) is 8.89. The SMILES string of the molecule is CCC(C)C(=C1CCC1)c1cnc(C)cn1. The fourth-order valence-corrected chi connectivity index (χ4v) is 2.14. The molecule has 2 heteroatoms. The van der Waals surface area contributed by atoms with Gasteiger partial charge in [-0.25, -0.2) is 0 Å². The molecule has 1 unspecified atom stereocenters. The molecule has 2 nitrogen and oxygen atoms in total. The molecule has 1 saturated carbocycles. The van der Waals surface area contributed by atoms with Gasteiger partial charge >= 0.3 is 0 Å². The first-order valence-electron chi connectivity index (χ1n) is 6.23. The highest BCUT2D eigenvalue weighted by Crippen LogP contribution is 2.37. The van der Waals surface area contributed by atoms with Crippen molar-refractivity contribution in [2.75, 3.05) is 0 Å². The maximum absolute atomic E-state index is 4.53. The van der Waals surface area contributed by atoms with Crippen LogP contribution in [0.2, 0.25) is 0 Å². The van der Waals surface area contributed by atoms with Crippen LogP contribution in [0.5, 0.6) is 0 Å². The van der Waals surface area contributed by atoms with Crippen molar-refractivity contribution in [3.8, 4) is 0 Å². The Hall–Kier alpha value is -1.18. The van der Waals surface area contributed by atoms with Gasteiger partial charge in [0, 0.05) is 6.20 Å². The van der Waals surface area contributed by atoms with E-state index >= 15 is 0 Å². The summed E-state index contributed by atoms with van der Waals surface area (Å²) in [5.74, 6) is 0.604. The van der Waals surface area contributed by atoms with E-state index in [2.05, 4.69) is 23.8 Å². The second-order valence-corrected chi connectivity index (χ2v) is 4.72. The van der Waals surface area contributed by atoms with Crippen molar-refractivity contribution in [3.63, 3.8) is 0 Å². The van der Waals surface area contributed by atoms with Crippen LogP contribution in [0.1, 0.15) is 50.9 Å². The van der Waals surface area contributed by atoms with Gasteiger partial charge in [0.05, 0.1) is 17.6 Å². The van der Waals surface area contributed by atoms with Crippen molar-refractivity contribution in [3.05, 3.63) is 29.4 Å². The second-order valence-electron chi connectivity index (χ2n) is 4.72. The highest BCUT2D eigenvalue weighted by molar-refractivity contribution is 5.68. The highest BCUT2D eigenvalue weighted by Gasteiger charge is 2.20. The third-order valence-corrected chi connectivity index (χ3v) is 3.50. The van der Waals surface area contributed by atoms with Crippen molar-refractivity contribution in [1.82, 2.24) is 9.97 Å². The van der Waals surface area contributed by atoms with Gasteiger partial charge in [0.1, 0.15) is 0 Å². The molecule has 0 aliphatic heterocycles. The number of allylic oxidation sites excluding steroid dienone is 2. The lowest BCUT2D eigenvalue weighted by molar-refractivity contribution is 0.632. The van der Waals surface area contributed by atoms with Gasteiger partial charge in [0.2, 0.25) is 0 Å². The minimum absolute atomic E-state index is 0.604.